The smallest absolute Gasteiger partial charge is 0.239 e. The van der Waals surface area contributed by atoms with Crippen LogP contribution < -0.4 is 5.32 Å². The summed E-state index contributed by atoms with van der Waals surface area (Å²) in [6, 6.07) is 0.0930. The Kier molecular flexibility index (Phi) is 9.81. The van der Waals surface area contributed by atoms with Crippen molar-refractivity contribution in [3.05, 3.63) is 0 Å². The van der Waals surface area contributed by atoms with E-state index in [0.29, 0.717) is 11.8 Å². The Bertz CT molecular complexity index is 276. The number of piperazine rings is 1. The van der Waals surface area contributed by atoms with Crippen LogP contribution in [0.4, 0.5) is 0 Å². The number of halogens is 2. The predicted molar refractivity (Wildman–Crippen MR) is 88.0 cm³/mol. The van der Waals surface area contributed by atoms with Crippen molar-refractivity contribution in [2.24, 2.45) is 5.92 Å². The van der Waals surface area contributed by atoms with Gasteiger partial charge in [0.25, 0.3) is 0 Å². The van der Waals surface area contributed by atoms with E-state index < -0.39 is 0 Å². The zero-order chi connectivity index (χ0) is 13.0. The Morgan fingerprint density at radius 1 is 1.15 bits per heavy atom. The van der Waals surface area contributed by atoms with Gasteiger partial charge in [0, 0.05) is 32.7 Å². The molecular weight excluding hydrogens is 297 g/mol. The second-order valence-corrected chi connectivity index (χ2v) is 6.02. The topological polar surface area (TPSA) is 35.6 Å². The van der Waals surface area contributed by atoms with E-state index >= 15 is 0 Å². The molecule has 4 nitrogen and oxygen atoms in total. The van der Waals surface area contributed by atoms with E-state index in [9.17, 15) is 4.79 Å². The number of nitrogens with zero attached hydrogens (tertiary/aromatic N) is 2. The Balaban J connectivity index is 0.00000180. The molecule has 2 aliphatic rings. The summed E-state index contributed by atoms with van der Waals surface area (Å²) in [5.74, 6) is 1.05. The minimum atomic E-state index is 0. The summed E-state index contributed by atoms with van der Waals surface area (Å²) in [6.07, 6.45) is 3.42. The Hall–Kier alpha value is -0.0300. The summed E-state index contributed by atoms with van der Waals surface area (Å²) in [7, 11) is 0. The number of hydrogen-bond donors (Lipinski definition) is 1. The number of amides is 1. The SMILES string of the molecule is CC(C)CN1CCN(C(=O)[C@@H]2CCCCN2)CC1.Cl.Cl. The highest BCUT2D eigenvalue weighted by Gasteiger charge is 2.28. The van der Waals surface area contributed by atoms with E-state index in [1.165, 1.54) is 12.8 Å². The molecule has 2 fully saturated rings. The summed E-state index contributed by atoms with van der Waals surface area (Å²) in [6.45, 7) is 10.6. The second-order valence-electron chi connectivity index (χ2n) is 6.02. The number of rotatable bonds is 3. The first-order valence-corrected chi connectivity index (χ1v) is 7.41. The third kappa shape index (κ3) is 5.76. The molecule has 20 heavy (non-hydrogen) atoms. The van der Waals surface area contributed by atoms with Crippen LogP contribution in [0.3, 0.4) is 0 Å². The largest absolute Gasteiger partial charge is 0.339 e. The highest BCUT2D eigenvalue weighted by molar-refractivity contribution is 5.85. The van der Waals surface area contributed by atoms with Gasteiger partial charge in [0.15, 0.2) is 0 Å². The molecule has 2 saturated heterocycles. The van der Waals surface area contributed by atoms with E-state index in [4.69, 9.17) is 0 Å². The zero-order valence-corrected chi connectivity index (χ0v) is 14.3. The lowest BCUT2D eigenvalue weighted by Crippen LogP contribution is -2.55. The average molecular weight is 326 g/mol. The zero-order valence-electron chi connectivity index (χ0n) is 12.6. The van der Waals surface area contributed by atoms with E-state index in [2.05, 4.69) is 29.0 Å². The molecule has 2 heterocycles. The van der Waals surface area contributed by atoms with Gasteiger partial charge >= 0.3 is 0 Å². The number of hydrogen-bond acceptors (Lipinski definition) is 3. The fourth-order valence-electron chi connectivity index (χ4n) is 2.95. The second kappa shape index (κ2) is 9.82. The maximum absolute atomic E-state index is 12.3. The van der Waals surface area contributed by atoms with E-state index in [0.717, 1.165) is 45.7 Å². The Morgan fingerprint density at radius 3 is 2.30 bits per heavy atom. The van der Waals surface area contributed by atoms with Crippen molar-refractivity contribution in [3.63, 3.8) is 0 Å². The van der Waals surface area contributed by atoms with Crippen LogP contribution in [-0.2, 0) is 4.79 Å². The van der Waals surface area contributed by atoms with E-state index in [1.54, 1.807) is 0 Å². The Morgan fingerprint density at radius 2 is 1.80 bits per heavy atom. The molecule has 6 heteroatoms. The lowest BCUT2D eigenvalue weighted by atomic mass is 10.0. The lowest BCUT2D eigenvalue weighted by molar-refractivity contribution is -0.135. The lowest BCUT2D eigenvalue weighted by Gasteiger charge is -2.37. The Labute approximate surface area is 135 Å². The van der Waals surface area contributed by atoms with Crippen molar-refractivity contribution >= 4 is 30.7 Å². The summed E-state index contributed by atoms with van der Waals surface area (Å²) in [5.41, 5.74) is 0. The molecule has 0 aromatic carbocycles. The molecule has 0 bridgehead atoms. The van der Waals surface area contributed by atoms with Gasteiger partial charge in [-0.25, -0.2) is 0 Å². The first kappa shape index (κ1) is 20.0. The maximum Gasteiger partial charge on any atom is 0.239 e. The molecule has 0 spiro atoms. The minimum absolute atomic E-state index is 0. The molecule has 0 aromatic heterocycles. The molecule has 1 amide bonds. The quantitative estimate of drug-likeness (QED) is 0.859. The van der Waals surface area contributed by atoms with Crippen LogP contribution in [0, 0.1) is 5.92 Å². The van der Waals surface area contributed by atoms with E-state index in [-0.39, 0.29) is 30.9 Å². The van der Waals surface area contributed by atoms with Crippen LogP contribution in [0.1, 0.15) is 33.1 Å². The van der Waals surface area contributed by atoms with Gasteiger partial charge in [-0.1, -0.05) is 20.3 Å². The first-order chi connectivity index (χ1) is 8.66. The van der Waals surface area contributed by atoms with Crippen molar-refractivity contribution in [2.45, 2.75) is 39.2 Å². The van der Waals surface area contributed by atoms with Crippen LogP contribution in [0.25, 0.3) is 0 Å². The molecule has 1 atom stereocenters. The van der Waals surface area contributed by atoms with Gasteiger partial charge in [0.2, 0.25) is 5.91 Å². The van der Waals surface area contributed by atoms with Crippen molar-refractivity contribution < 1.29 is 4.79 Å². The van der Waals surface area contributed by atoms with E-state index in [1.807, 2.05) is 0 Å². The third-order valence-corrected chi connectivity index (χ3v) is 3.92. The molecule has 0 saturated carbocycles. The molecule has 0 aliphatic carbocycles. The average Bonchev–Trinajstić information content (AvgIpc) is 2.39. The van der Waals surface area contributed by atoms with Gasteiger partial charge in [-0.3, -0.25) is 9.69 Å². The third-order valence-electron chi connectivity index (χ3n) is 3.92. The van der Waals surface area contributed by atoms with Gasteiger partial charge in [-0.15, -0.1) is 24.8 Å². The molecule has 2 rings (SSSR count). The summed E-state index contributed by atoms with van der Waals surface area (Å²) < 4.78 is 0. The highest BCUT2D eigenvalue weighted by Crippen LogP contribution is 2.12. The number of piperidine rings is 1. The number of carbonyl (C=O) groups is 1. The van der Waals surface area contributed by atoms with Crippen molar-refractivity contribution in [1.29, 1.82) is 0 Å². The molecule has 2 aliphatic heterocycles. The maximum atomic E-state index is 12.3. The van der Waals surface area contributed by atoms with Gasteiger partial charge in [0.05, 0.1) is 6.04 Å². The molecule has 0 unspecified atom stereocenters. The van der Waals surface area contributed by atoms with Crippen molar-refractivity contribution in [3.8, 4) is 0 Å². The monoisotopic (exact) mass is 325 g/mol. The number of nitrogens with one attached hydrogen (secondary N) is 1. The number of carbonyl (C=O) groups excluding carboxylic acids is 1. The van der Waals surface area contributed by atoms with Crippen molar-refractivity contribution in [1.82, 2.24) is 15.1 Å². The van der Waals surface area contributed by atoms with Crippen LogP contribution in [0.5, 0.6) is 0 Å². The summed E-state index contributed by atoms with van der Waals surface area (Å²) >= 11 is 0. The molecule has 0 aromatic rings. The molecule has 0 radical (unpaired) electrons. The molecule has 1 N–H and O–H groups in total. The first-order valence-electron chi connectivity index (χ1n) is 7.41. The standard InChI is InChI=1S/C14H27N3O.2ClH/c1-12(2)11-16-7-9-17(10-8-16)14(18)13-5-3-4-6-15-13;;/h12-13,15H,3-11H2,1-2H3;2*1H/t13-;;/m0../s1. The van der Waals surface area contributed by atoms with Gasteiger partial charge in [0.1, 0.15) is 0 Å². The predicted octanol–water partition coefficient (Wildman–Crippen LogP) is 1.77. The fraction of sp³-hybridized carbons (Fsp3) is 0.929. The van der Waals surface area contributed by atoms with Crippen LogP contribution in [0.2, 0.25) is 0 Å². The van der Waals surface area contributed by atoms with Gasteiger partial charge in [-0.05, 0) is 25.3 Å². The summed E-state index contributed by atoms with van der Waals surface area (Å²) in [5, 5.41) is 3.35. The normalized spacial score (nSPS) is 23.9. The molecule has 120 valence electrons. The van der Waals surface area contributed by atoms with Crippen LogP contribution in [0.15, 0.2) is 0 Å². The fourth-order valence-corrected chi connectivity index (χ4v) is 2.95. The van der Waals surface area contributed by atoms with Gasteiger partial charge in [-0.2, -0.15) is 0 Å². The van der Waals surface area contributed by atoms with Crippen LogP contribution in [-0.4, -0.2) is 61.0 Å². The van der Waals surface area contributed by atoms with Crippen molar-refractivity contribution in [2.75, 3.05) is 39.3 Å². The summed E-state index contributed by atoms with van der Waals surface area (Å²) in [4.78, 5) is 16.9. The molecular formula is C14H29Cl2N3O. The van der Waals surface area contributed by atoms with Gasteiger partial charge < -0.3 is 10.2 Å². The van der Waals surface area contributed by atoms with Crippen LogP contribution >= 0.6 is 24.8 Å². The highest BCUT2D eigenvalue weighted by atomic mass is 35.5. The minimum Gasteiger partial charge on any atom is -0.339 e.